The van der Waals surface area contributed by atoms with Gasteiger partial charge in [0.05, 0.1) is 11.8 Å². The van der Waals surface area contributed by atoms with E-state index in [0.717, 1.165) is 5.69 Å². The van der Waals surface area contributed by atoms with E-state index in [1.807, 2.05) is 0 Å². The number of aromatic nitrogens is 2. The fourth-order valence-corrected chi connectivity index (χ4v) is 1.07. The molecule has 1 heterocycles. The van der Waals surface area contributed by atoms with Crippen molar-refractivity contribution in [2.75, 3.05) is 13.1 Å². The van der Waals surface area contributed by atoms with Crippen LogP contribution in [0.25, 0.3) is 10.4 Å². The topological polar surface area (TPSA) is 107 Å². The fraction of sp³-hybridized carbons (Fsp3) is 0.500. The zero-order valence-electron chi connectivity index (χ0n) is 8.40. The van der Waals surface area contributed by atoms with Crippen LogP contribution in [0.4, 0.5) is 0 Å². The Bertz CT molecular complexity index is 378. The molecule has 0 radical (unpaired) electrons. The molecule has 0 bridgehead atoms. The number of carbonyl (C=O) groups is 1. The lowest BCUT2D eigenvalue weighted by molar-refractivity contribution is 0.0953. The number of amides is 1. The van der Waals surface area contributed by atoms with Crippen LogP contribution in [0.15, 0.2) is 11.3 Å². The van der Waals surface area contributed by atoms with Crippen LogP contribution in [0.2, 0.25) is 0 Å². The zero-order valence-corrected chi connectivity index (χ0v) is 8.40. The maximum atomic E-state index is 11.5. The number of rotatable bonds is 5. The van der Waals surface area contributed by atoms with Crippen LogP contribution >= 0.6 is 0 Å². The van der Waals surface area contributed by atoms with Crippen LogP contribution in [-0.2, 0) is 0 Å². The number of hydrogen-bond acceptors (Lipinski definition) is 3. The largest absolute Gasteiger partial charge is 0.352 e. The van der Waals surface area contributed by atoms with E-state index in [2.05, 4.69) is 25.5 Å². The second kappa shape index (κ2) is 5.66. The van der Waals surface area contributed by atoms with Crippen LogP contribution in [-0.4, -0.2) is 29.2 Å². The number of aryl methyl sites for hydroxylation is 1. The summed E-state index contributed by atoms with van der Waals surface area (Å²) < 4.78 is 0. The molecule has 7 heteroatoms. The van der Waals surface area contributed by atoms with Gasteiger partial charge in [0.1, 0.15) is 0 Å². The average molecular weight is 208 g/mol. The number of nitrogens with one attached hydrogen (secondary N) is 2. The Morgan fingerprint density at radius 1 is 1.80 bits per heavy atom. The van der Waals surface area contributed by atoms with Gasteiger partial charge in [-0.25, -0.2) is 0 Å². The molecular weight excluding hydrogens is 196 g/mol. The second-order valence-corrected chi connectivity index (χ2v) is 2.97. The molecule has 1 aromatic heterocycles. The van der Waals surface area contributed by atoms with Crippen LogP contribution in [0.5, 0.6) is 0 Å². The molecule has 0 aliphatic carbocycles. The van der Waals surface area contributed by atoms with E-state index < -0.39 is 0 Å². The summed E-state index contributed by atoms with van der Waals surface area (Å²) in [4.78, 5) is 14.1. The summed E-state index contributed by atoms with van der Waals surface area (Å²) in [5, 5.41) is 12.5. The van der Waals surface area contributed by atoms with E-state index in [0.29, 0.717) is 25.1 Å². The first-order valence-electron chi connectivity index (χ1n) is 4.54. The smallest absolute Gasteiger partial charge is 0.254 e. The molecule has 1 rings (SSSR count). The number of azide groups is 1. The lowest BCUT2D eigenvalue weighted by atomic mass is 10.2. The van der Waals surface area contributed by atoms with Gasteiger partial charge in [0.2, 0.25) is 0 Å². The number of nitrogens with zero attached hydrogens (tertiary/aromatic N) is 4. The number of carbonyl (C=O) groups excluding carboxylic acids is 1. The Morgan fingerprint density at radius 3 is 3.20 bits per heavy atom. The highest BCUT2D eigenvalue weighted by molar-refractivity contribution is 5.94. The highest BCUT2D eigenvalue weighted by Crippen LogP contribution is 2.01. The minimum Gasteiger partial charge on any atom is -0.352 e. The highest BCUT2D eigenvalue weighted by Gasteiger charge is 2.08. The van der Waals surface area contributed by atoms with Crippen molar-refractivity contribution in [2.24, 2.45) is 5.11 Å². The maximum Gasteiger partial charge on any atom is 0.254 e. The van der Waals surface area contributed by atoms with E-state index in [-0.39, 0.29) is 5.91 Å². The minimum atomic E-state index is -0.165. The van der Waals surface area contributed by atoms with Crippen LogP contribution in [0, 0.1) is 6.92 Å². The van der Waals surface area contributed by atoms with Crippen molar-refractivity contribution in [3.63, 3.8) is 0 Å². The number of aromatic amines is 1. The first kappa shape index (κ1) is 11.1. The fourth-order valence-electron chi connectivity index (χ4n) is 1.07. The highest BCUT2D eigenvalue weighted by atomic mass is 16.1. The van der Waals surface area contributed by atoms with Gasteiger partial charge in [0, 0.05) is 23.7 Å². The summed E-state index contributed by atoms with van der Waals surface area (Å²) >= 11 is 0. The molecule has 0 spiro atoms. The maximum absolute atomic E-state index is 11.5. The third-order valence-electron chi connectivity index (χ3n) is 1.86. The van der Waals surface area contributed by atoms with Gasteiger partial charge in [-0.1, -0.05) is 5.11 Å². The number of hydrogen-bond donors (Lipinski definition) is 2. The molecule has 0 aromatic carbocycles. The van der Waals surface area contributed by atoms with Gasteiger partial charge in [0.25, 0.3) is 5.91 Å². The predicted molar refractivity (Wildman–Crippen MR) is 54.3 cm³/mol. The van der Waals surface area contributed by atoms with Gasteiger partial charge in [-0.3, -0.25) is 9.89 Å². The van der Waals surface area contributed by atoms with Gasteiger partial charge in [-0.05, 0) is 18.9 Å². The molecule has 15 heavy (non-hydrogen) atoms. The van der Waals surface area contributed by atoms with Crippen molar-refractivity contribution >= 4 is 5.91 Å². The molecule has 2 N–H and O–H groups in total. The van der Waals surface area contributed by atoms with Crippen LogP contribution in [0.3, 0.4) is 0 Å². The molecule has 7 nitrogen and oxygen atoms in total. The first-order chi connectivity index (χ1) is 7.25. The van der Waals surface area contributed by atoms with Gasteiger partial charge in [-0.15, -0.1) is 0 Å². The van der Waals surface area contributed by atoms with Crippen molar-refractivity contribution in [3.05, 3.63) is 27.9 Å². The third-order valence-corrected chi connectivity index (χ3v) is 1.86. The van der Waals surface area contributed by atoms with Gasteiger partial charge in [-0.2, -0.15) is 5.10 Å². The lowest BCUT2D eigenvalue weighted by Crippen LogP contribution is -2.25. The van der Waals surface area contributed by atoms with Crippen LogP contribution < -0.4 is 5.32 Å². The summed E-state index contributed by atoms with van der Waals surface area (Å²) in [5.41, 5.74) is 9.30. The van der Waals surface area contributed by atoms with Crippen molar-refractivity contribution in [3.8, 4) is 0 Å². The standard InChI is InChI=1S/C8H12N6O/c1-6-7(5-12-13-6)8(15)10-3-2-4-11-14-9/h5H,2-4H2,1H3,(H,10,15)(H,12,13). The molecule has 1 aromatic rings. The SMILES string of the molecule is Cc1[nH]ncc1C(=O)NCCCN=[N+]=[N-]. The monoisotopic (exact) mass is 208 g/mol. The Morgan fingerprint density at radius 2 is 2.60 bits per heavy atom. The molecule has 0 unspecified atom stereocenters. The molecule has 80 valence electrons. The molecule has 0 aliphatic heterocycles. The average Bonchev–Trinajstić information content (AvgIpc) is 2.64. The van der Waals surface area contributed by atoms with Crippen molar-refractivity contribution in [2.45, 2.75) is 13.3 Å². The third kappa shape index (κ3) is 3.32. The first-order valence-corrected chi connectivity index (χ1v) is 4.54. The van der Waals surface area contributed by atoms with Crippen molar-refractivity contribution in [1.29, 1.82) is 0 Å². The molecule has 1 amide bonds. The molecule has 0 atom stereocenters. The summed E-state index contributed by atoms with van der Waals surface area (Å²) in [5.74, 6) is -0.165. The number of H-pyrrole nitrogens is 1. The van der Waals surface area contributed by atoms with Crippen molar-refractivity contribution < 1.29 is 4.79 Å². The zero-order chi connectivity index (χ0) is 11.1. The Balaban J connectivity index is 2.31. The molecule has 0 aliphatic rings. The normalized spacial score (nSPS) is 9.40. The van der Waals surface area contributed by atoms with E-state index in [1.54, 1.807) is 6.92 Å². The van der Waals surface area contributed by atoms with E-state index in [4.69, 9.17) is 5.53 Å². The minimum absolute atomic E-state index is 0.165. The lowest BCUT2D eigenvalue weighted by Gasteiger charge is -2.01. The van der Waals surface area contributed by atoms with E-state index >= 15 is 0 Å². The molecule has 0 saturated carbocycles. The van der Waals surface area contributed by atoms with Gasteiger partial charge >= 0.3 is 0 Å². The quantitative estimate of drug-likeness (QED) is 0.327. The Hall–Kier alpha value is -2.01. The summed E-state index contributed by atoms with van der Waals surface area (Å²) in [6.07, 6.45) is 2.12. The Labute approximate surface area is 86.5 Å². The second-order valence-electron chi connectivity index (χ2n) is 2.97. The van der Waals surface area contributed by atoms with E-state index in [1.165, 1.54) is 6.20 Å². The van der Waals surface area contributed by atoms with Crippen LogP contribution in [0.1, 0.15) is 22.5 Å². The van der Waals surface area contributed by atoms with Gasteiger partial charge < -0.3 is 5.32 Å². The Kier molecular flexibility index (Phi) is 4.18. The predicted octanol–water partition coefficient (Wildman–Crippen LogP) is 1.15. The summed E-state index contributed by atoms with van der Waals surface area (Å²) in [7, 11) is 0. The molecule has 0 saturated heterocycles. The molecule has 0 fully saturated rings. The van der Waals surface area contributed by atoms with Crippen molar-refractivity contribution in [1.82, 2.24) is 15.5 Å². The summed E-state index contributed by atoms with van der Waals surface area (Å²) in [6.45, 7) is 2.66. The van der Waals surface area contributed by atoms with Gasteiger partial charge in [0.15, 0.2) is 0 Å². The van der Waals surface area contributed by atoms with E-state index in [9.17, 15) is 4.79 Å². The summed E-state index contributed by atoms with van der Waals surface area (Å²) in [6, 6.07) is 0. The molecular formula is C8H12N6O.